The Kier molecular flexibility index (Phi) is 4.11. The molecule has 102 valence electrons. The van der Waals surface area contributed by atoms with Gasteiger partial charge in [-0.1, -0.05) is 0 Å². The molecule has 0 radical (unpaired) electrons. The Balaban J connectivity index is 2.21. The predicted octanol–water partition coefficient (Wildman–Crippen LogP) is 2.64. The first kappa shape index (κ1) is 14.0. The van der Waals surface area contributed by atoms with Crippen molar-refractivity contribution in [1.82, 2.24) is 4.90 Å². The van der Waals surface area contributed by atoms with Crippen molar-refractivity contribution in [2.45, 2.75) is 51.5 Å². The summed E-state index contributed by atoms with van der Waals surface area (Å²) in [5.74, 6) is 0. The van der Waals surface area contributed by atoms with E-state index in [4.69, 9.17) is 10.5 Å². The third-order valence-corrected chi connectivity index (χ3v) is 4.07. The number of hydrogen-bond acceptors (Lipinski definition) is 4. The highest BCUT2D eigenvalue weighted by Crippen LogP contribution is 2.31. The van der Waals surface area contributed by atoms with Gasteiger partial charge in [0.15, 0.2) is 0 Å². The molecule has 1 aliphatic heterocycles. The van der Waals surface area contributed by atoms with Crippen LogP contribution in [0.25, 0.3) is 0 Å². The van der Waals surface area contributed by atoms with Gasteiger partial charge < -0.3 is 10.5 Å². The largest absolute Gasteiger partial charge is 0.370 e. The van der Waals surface area contributed by atoms with Crippen molar-refractivity contribution < 1.29 is 4.74 Å². The van der Waals surface area contributed by atoms with Crippen molar-refractivity contribution in [2.75, 3.05) is 13.1 Å². The average Bonchev–Trinajstić information content (AvgIpc) is 2.66. The molecule has 0 aliphatic carbocycles. The fourth-order valence-electron chi connectivity index (χ4n) is 3.01. The Morgan fingerprint density at radius 1 is 1.56 bits per heavy atom. The van der Waals surface area contributed by atoms with Gasteiger partial charge in [0.25, 0.3) is 0 Å². The van der Waals surface area contributed by atoms with Crippen LogP contribution in [0, 0.1) is 0 Å². The molecule has 3 unspecified atom stereocenters. The molecule has 1 saturated heterocycles. The van der Waals surface area contributed by atoms with Crippen LogP contribution < -0.4 is 5.73 Å². The third kappa shape index (κ3) is 3.12. The zero-order chi connectivity index (χ0) is 13.3. The van der Waals surface area contributed by atoms with E-state index < -0.39 is 0 Å². The predicted molar refractivity (Wildman–Crippen MR) is 76.9 cm³/mol. The maximum absolute atomic E-state index is 6.21. The van der Waals surface area contributed by atoms with Crippen LogP contribution in [0.4, 0.5) is 0 Å². The zero-order valence-electron chi connectivity index (χ0n) is 11.7. The summed E-state index contributed by atoms with van der Waals surface area (Å²) in [6.07, 6.45) is 0.258. The van der Waals surface area contributed by atoms with Crippen LogP contribution in [0.5, 0.6) is 0 Å². The van der Waals surface area contributed by atoms with Gasteiger partial charge in [0, 0.05) is 19.1 Å². The molecule has 3 nitrogen and oxygen atoms in total. The van der Waals surface area contributed by atoms with Gasteiger partial charge in [-0.15, -0.1) is 0 Å². The lowest BCUT2D eigenvalue weighted by Crippen LogP contribution is -2.55. The highest BCUT2D eigenvalue weighted by atomic mass is 32.1. The molecule has 1 aromatic heterocycles. The van der Waals surface area contributed by atoms with Crippen molar-refractivity contribution in [1.29, 1.82) is 0 Å². The Labute approximate surface area is 114 Å². The fraction of sp³-hybridized carbons (Fsp3) is 0.714. The van der Waals surface area contributed by atoms with Gasteiger partial charge in [0.05, 0.1) is 17.7 Å². The molecule has 0 spiro atoms. The average molecular weight is 268 g/mol. The normalized spacial score (nSPS) is 27.9. The number of ether oxygens (including phenoxy) is 1. The quantitative estimate of drug-likeness (QED) is 0.916. The van der Waals surface area contributed by atoms with Gasteiger partial charge in [-0.2, -0.15) is 11.3 Å². The molecule has 2 rings (SSSR count). The third-order valence-electron chi connectivity index (χ3n) is 3.37. The number of morpholine rings is 1. The highest BCUT2D eigenvalue weighted by Gasteiger charge is 2.36. The van der Waals surface area contributed by atoms with E-state index in [2.05, 4.69) is 49.4 Å². The van der Waals surface area contributed by atoms with E-state index in [0.717, 1.165) is 13.1 Å². The minimum Gasteiger partial charge on any atom is -0.370 e. The molecular weight excluding hydrogens is 244 g/mol. The van der Waals surface area contributed by atoms with E-state index in [1.54, 1.807) is 11.3 Å². The van der Waals surface area contributed by atoms with Crippen molar-refractivity contribution in [3.8, 4) is 0 Å². The van der Waals surface area contributed by atoms with Crippen molar-refractivity contribution in [3.63, 3.8) is 0 Å². The Bertz CT molecular complexity index is 375. The van der Waals surface area contributed by atoms with Crippen LogP contribution in [-0.2, 0) is 4.74 Å². The Hall–Kier alpha value is -0.420. The van der Waals surface area contributed by atoms with E-state index in [1.165, 1.54) is 5.56 Å². The molecule has 0 saturated carbocycles. The standard InChI is InChI=1S/C14H24N2OS/c1-10-7-16(9-14(3,4)17-10)13(11(2)15)12-5-6-18-8-12/h5-6,8,10-11,13H,7,9,15H2,1-4H3. The summed E-state index contributed by atoms with van der Waals surface area (Å²) in [6.45, 7) is 10.4. The van der Waals surface area contributed by atoms with Crippen LogP contribution >= 0.6 is 11.3 Å². The number of nitrogens with two attached hydrogens (primary N) is 1. The summed E-state index contributed by atoms with van der Waals surface area (Å²) < 4.78 is 5.97. The van der Waals surface area contributed by atoms with E-state index in [9.17, 15) is 0 Å². The molecule has 0 bridgehead atoms. The SMILES string of the molecule is CC1CN(C(c2ccsc2)C(C)N)CC(C)(C)O1. The van der Waals surface area contributed by atoms with Crippen LogP contribution in [0.1, 0.15) is 39.3 Å². The second-order valence-corrected chi connectivity index (χ2v) is 6.76. The molecule has 3 atom stereocenters. The van der Waals surface area contributed by atoms with Gasteiger partial charge in [-0.3, -0.25) is 4.90 Å². The number of rotatable bonds is 3. The van der Waals surface area contributed by atoms with Crippen LogP contribution in [0.2, 0.25) is 0 Å². The Morgan fingerprint density at radius 2 is 2.28 bits per heavy atom. The molecule has 0 amide bonds. The summed E-state index contributed by atoms with van der Waals surface area (Å²) in [5, 5.41) is 4.33. The van der Waals surface area contributed by atoms with Gasteiger partial charge in [0.2, 0.25) is 0 Å². The molecule has 18 heavy (non-hydrogen) atoms. The summed E-state index contributed by atoms with van der Waals surface area (Å²) in [7, 11) is 0. The van der Waals surface area contributed by atoms with Crippen LogP contribution in [0.3, 0.4) is 0 Å². The Morgan fingerprint density at radius 3 is 2.78 bits per heavy atom. The number of thiophene rings is 1. The van der Waals surface area contributed by atoms with Gasteiger partial charge in [-0.05, 0) is 50.1 Å². The molecule has 2 N–H and O–H groups in total. The van der Waals surface area contributed by atoms with E-state index >= 15 is 0 Å². The van der Waals surface area contributed by atoms with Crippen molar-refractivity contribution in [2.24, 2.45) is 5.73 Å². The lowest BCUT2D eigenvalue weighted by molar-refractivity contribution is -0.139. The monoisotopic (exact) mass is 268 g/mol. The van der Waals surface area contributed by atoms with Gasteiger partial charge in [0.1, 0.15) is 0 Å². The zero-order valence-corrected chi connectivity index (χ0v) is 12.5. The summed E-state index contributed by atoms with van der Waals surface area (Å²) in [5.41, 5.74) is 7.45. The van der Waals surface area contributed by atoms with Crippen LogP contribution in [0.15, 0.2) is 16.8 Å². The fourth-order valence-corrected chi connectivity index (χ4v) is 3.69. The lowest BCUT2D eigenvalue weighted by Gasteiger charge is -2.46. The first-order valence-electron chi connectivity index (χ1n) is 6.58. The van der Waals surface area contributed by atoms with Gasteiger partial charge >= 0.3 is 0 Å². The van der Waals surface area contributed by atoms with Crippen molar-refractivity contribution >= 4 is 11.3 Å². The molecule has 4 heteroatoms. The van der Waals surface area contributed by atoms with E-state index in [0.29, 0.717) is 6.04 Å². The smallest absolute Gasteiger partial charge is 0.0757 e. The summed E-state index contributed by atoms with van der Waals surface area (Å²) in [6, 6.07) is 2.61. The summed E-state index contributed by atoms with van der Waals surface area (Å²) >= 11 is 1.74. The number of nitrogens with zero attached hydrogens (tertiary/aromatic N) is 1. The number of hydrogen-bond donors (Lipinski definition) is 1. The molecule has 0 aromatic carbocycles. The minimum absolute atomic E-state index is 0.0964. The molecule has 1 aromatic rings. The lowest BCUT2D eigenvalue weighted by atomic mass is 9.97. The van der Waals surface area contributed by atoms with E-state index in [1.807, 2.05) is 0 Å². The highest BCUT2D eigenvalue weighted by molar-refractivity contribution is 7.07. The van der Waals surface area contributed by atoms with Gasteiger partial charge in [-0.25, -0.2) is 0 Å². The molecule has 1 fully saturated rings. The molecule has 2 heterocycles. The first-order valence-corrected chi connectivity index (χ1v) is 7.53. The summed E-state index contributed by atoms with van der Waals surface area (Å²) in [4.78, 5) is 2.47. The second-order valence-electron chi connectivity index (χ2n) is 5.98. The second kappa shape index (κ2) is 5.29. The maximum Gasteiger partial charge on any atom is 0.0757 e. The molecular formula is C14H24N2OS. The first-order chi connectivity index (χ1) is 8.39. The van der Waals surface area contributed by atoms with Crippen LogP contribution in [-0.4, -0.2) is 35.7 Å². The van der Waals surface area contributed by atoms with Crippen molar-refractivity contribution in [3.05, 3.63) is 22.4 Å². The van der Waals surface area contributed by atoms with E-state index in [-0.39, 0.29) is 17.7 Å². The molecule has 1 aliphatic rings. The minimum atomic E-state index is -0.0964. The topological polar surface area (TPSA) is 38.5 Å². The maximum atomic E-state index is 6.21.